The summed E-state index contributed by atoms with van der Waals surface area (Å²) >= 11 is 0. The van der Waals surface area contributed by atoms with Gasteiger partial charge in [0.05, 0.1) is 11.1 Å². The molecule has 1 fully saturated rings. The molecule has 0 saturated carbocycles. The molecule has 0 radical (unpaired) electrons. The van der Waals surface area contributed by atoms with Crippen molar-refractivity contribution in [3.05, 3.63) is 47.5 Å². The van der Waals surface area contributed by atoms with Crippen molar-refractivity contribution < 1.29 is 14.4 Å². The molecule has 2 heterocycles. The van der Waals surface area contributed by atoms with Crippen molar-refractivity contribution in [1.29, 1.82) is 0 Å². The minimum atomic E-state index is -0.368. The monoisotopic (exact) mass is 349 g/mol. The van der Waals surface area contributed by atoms with Crippen LogP contribution in [-0.4, -0.2) is 59.7 Å². The summed E-state index contributed by atoms with van der Waals surface area (Å²) in [7, 11) is 0. The lowest BCUT2D eigenvalue weighted by Crippen LogP contribution is -2.52. The summed E-state index contributed by atoms with van der Waals surface area (Å²) in [5, 5.41) is 3.24. The molecule has 0 aromatic heterocycles. The summed E-state index contributed by atoms with van der Waals surface area (Å²) in [4.78, 5) is 40.1. The molecule has 3 amide bonds. The largest absolute Gasteiger partial charge is 0.333 e. The van der Waals surface area contributed by atoms with E-state index in [2.05, 4.69) is 11.9 Å². The van der Waals surface area contributed by atoms with Crippen molar-refractivity contribution in [1.82, 2.24) is 15.1 Å². The van der Waals surface area contributed by atoms with Crippen LogP contribution in [-0.2, 0) is 0 Å². The second kappa shape index (κ2) is 7.15. The highest BCUT2D eigenvalue weighted by atomic mass is 35.5. The first-order valence-electron chi connectivity index (χ1n) is 7.67. The topological polar surface area (TPSA) is 69.7 Å². The fourth-order valence-electron chi connectivity index (χ4n) is 3.03. The lowest BCUT2D eigenvalue weighted by molar-refractivity contribution is 0.0653. The average molecular weight is 350 g/mol. The van der Waals surface area contributed by atoms with E-state index in [4.69, 9.17) is 0 Å². The number of fused-ring (bicyclic) bond motifs is 1. The highest BCUT2D eigenvalue weighted by Gasteiger charge is 2.35. The fourth-order valence-corrected chi connectivity index (χ4v) is 3.03. The van der Waals surface area contributed by atoms with E-state index in [0.29, 0.717) is 23.2 Å². The molecular formula is C17H20ClN3O3. The molecule has 1 aromatic carbocycles. The Kier molecular flexibility index (Phi) is 5.41. The summed E-state index contributed by atoms with van der Waals surface area (Å²) in [6, 6.07) is 4.83. The number of halogens is 1. The zero-order chi connectivity index (χ0) is 16.6. The molecule has 3 rings (SSSR count). The van der Waals surface area contributed by atoms with Crippen molar-refractivity contribution in [2.45, 2.75) is 13.0 Å². The third-order valence-corrected chi connectivity index (χ3v) is 4.29. The van der Waals surface area contributed by atoms with Gasteiger partial charge in [0.15, 0.2) is 0 Å². The smallest absolute Gasteiger partial charge is 0.261 e. The lowest BCUT2D eigenvalue weighted by Gasteiger charge is -2.34. The zero-order valence-corrected chi connectivity index (χ0v) is 14.3. The summed E-state index contributed by atoms with van der Waals surface area (Å²) in [6.45, 7) is 7.85. The van der Waals surface area contributed by atoms with Gasteiger partial charge in [-0.1, -0.05) is 6.08 Å². The van der Waals surface area contributed by atoms with Gasteiger partial charge < -0.3 is 10.2 Å². The number of benzene rings is 1. The number of piperazine rings is 1. The molecule has 1 aromatic rings. The predicted octanol–water partition coefficient (Wildman–Crippen LogP) is 1.32. The van der Waals surface area contributed by atoms with E-state index >= 15 is 0 Å². The Hall–Kier alpha value is -2.18. The van der Waals surface area contributed by atoms with E-state index < -0.39 is 0 Å². The normalized spacial score (nSPS) is 19.8. The maximum absolute atomic E-state index is 12.7. The predicted molar refractivity (Wildman–Crippen MR) is 92.6 cm³/mol. The Labute approximate surface area is 146 Å². The molecule has 2 aliphatic heterocycles. The van der Waals surface area contributed by atoms with Crippen molar-refractivity contribution >= 4 is 30.1 Å². The standard InChI is InChI=1S/C17H19N3O3.ClH/c1-3-7-20-16(22)13-5-4-12(9-14(13)17(20)23)15(21)19-8-6-18-10-11(19)2;/h3-5,9,11,18H,1,6-8,10H2,2H3;1H/t11-;/m0./s1. The Morgan fingerprint density at radius 1 is 1.33 bits per heavy atom. The van der Waals surface area contributed by atoms with E-state index in [1.54, 1.807) is 17.0 Å². The Bertz CT molecular complexity index is 704. The average Bonchev–Trinajstić information content (AvgIpc) is 2.80. The molecular weight excluding hydrogens is 330 g/mol. The van der Waals surface area contributed by atoms with Crippen LogP contribution in [0.4, 0.5) is 0 Å². The number of carbonyl (C=O) groups is 3. The van der Waals surface area contributed by atoms with Crippen LogP contribution in [0, 0.1) is 0 Å². The van der Waals surface area contributed by atoms with E-state index in [-0.39, 0.29) is 42.7 Å². The molecule has 0 unspecified atom stereocenters. The summed E-state index contributed by atoms with van der Waals surface area (Å²) < 4.78 is 0. The first-order chi connectivity index (χ1) is 11.0. The van der Waals surface area contributed by atoms with Crippen molar-refractivity contribution in [3.63, 3.8) is 0 Å². The number of carbonyl (C=O) groups excluding carboxylic acids is 3. The number of amides is 3. The van der Waals surface area contributed by atoms with Crippen LogP contribution in [0.3, 0.4) is 0 Å². The zero-order valence-electron chi connectivity index (χ0n) is 13.4. The van der Waals surface area contributed by atoms with Gasteiger partial charge >= 0.3 is 0 Å². The number of rotatable bonds is 3. The molecule has 6 nitrogen and oxygen atoms in total. The third kappa shape index (κ3) is 2.95. The van der Waals surface area contributed by atoms with Gasteiger partial charge in [0, 0.05) is 37.8 Å². The summed E-state index contributed by atoms with van der Waals surface area (Å²) in [5.74, 6) is -0.809. The first kappa shape index (κ1) is 18.2. The van der Waals surface area contributed by atoms with Crippen LogP contribution in [0.15, 0.2) is 30.9 Å². The minimum absolute atomic E-state index is 0. The Balaban J connectivity index is 0.00000208. The number of imide groups is 1. The van der Waals surface area contributed by atoms with E-state index in [1.165, 1.54) is 12.1 Å². The molecule has 0 aliphatic carbocycles. The molecule has 1 saturated heterocycles. The number of hydrogen-bond donors (Lipinski definition) is 1. The molecule has 24 heavy (non-hydrogen) atoms. The molecule has 0 spiro atoms. The van der Waals surface area contributed by atoms with Crippen LogP contribution in [0.25, 0.3) is 0 Å². The second-order valence-electron chi connectivity index (χ2n) is 5.82. The van der Waals surface area contributed by atoms with Crippen LogP contribution in [0.1, 0.15) is 38.0 Å². The minimum Gasteiger partial charge on any atom is -0.333 e. The van der Waals surface area contributed by atoms with Crippen LogP contribution >= 0.6 is 12.4 Å². The van der Waals surface area contributed by atoms with E-state index in [0.717, 1.165) is 18.0 Å². The molecule has 128 valence electrons. The van der Waals surface area contributed by atoms with Gasteiger partial charge in [0.1, 0.15) is 0 Å². The number of nitrogens with one attached hydrogen (secondary N) is 1. The third-order valence-electron chi connectivity index (χ3n) is 4.29. The fraction of sp³-hybridized carbons (Fsp3) is 0.353. The molecule has 1 atom stereocenters. The maximum atomic E-state index is 12.7. The van der Waals surface area contributed by atoms with Gasteiger partial charge in [-0.3, -0.25) is 19.3 Å². The van der Waals surface area contributed by atoms with E-state index in [1.807, 2.05) is 6.92 Å². The molecule has 1 N–H and O–H groups in total. The second-order valence-corrected chi connectivity index (χ2v) is 5.82. The number of hydrogen-bond acceptors (Lipinski definition) is 4. The van der Waals surface area contributed by atoms with Crippen molar-refractivity contribution in [3.8, 4) is 0 Å². The first-order valence-corrected chi connectivity index (χ1v) is 7.67. The summed E-state index contributed by atoms with van der Waals surface area (Å²) in [6.07, 6.45) is 1.51. The molecule has 7 heteroatoms. The Morgan fingerprint density at radius 3 is 2.71 bits per heavy atom. The van der Waals surface area contributed by atoms with Crippen LogP contribution < -0.4 is 5.32 Å². The van der Waals surface area contributed by atoms with Crippen molar-refractivity contribution in [2.24, 2.45) is 0 Å². The van der Waals surface area contributed by atoms with Crippen LogP contribution in [0.2, 0.25) is 0 Å². The SMILES string of the molecule is C=CCN1C(=O)c2ccc(C(=O)N3CCNC[C@@H]3C)cc2C1=O.Cl. The van der Waals surface area contributed by atoms with Gasteiger partial charge in [-0.25, -0.2) is 0 Å². The van der Waals surface area contributed by atoms with Gasteiger partial charge in [0.25, 0.3) is 17.7 Å². The van der Waals surface area contributed by atoms with Gasteiger partial charge in [0.2, 0.25) is 0 Å². The highest BCUT2D eigenvalue weighted by Crippen LogP contribution is 2.24. The Morgan fingerprint density at radius 2 is 2.04 bits per heavy atom. The van der Waals surface area contributed by atoms with Crippen LogP contribution in [0.5, 0.6) is 0 Å². The molecule has 0 bridgehead atoms. The quantitative estimate of drug-likeness (QED) is 0.660. The van der Waals surface area contributed by atoms with E-state index in [9.17, 15) is 14.4 Å². The molecule has 2 aliphatic rings. The maximum Gasteiger partial charge on any atom is 0.261 e. The van der Waals surface area contributed by atoms with Crippen molar-refractivity contribution in [2.75, 3.05) is 26.2 Å². The van der Waals surface area contributed by atoms with Gasteiger partial charge in [-0.2, -0.15) is 0 Å². The summed E-state index contributed by atoms with van der Waals surface area (Å²) in [5.41, 5.74) is 1.09. The number of nitrogens with zero attached hydrogens (tertiary/aromatic N) is 2. The highest BCUT2D eigenvalue weighted by molar-refractivity contribution is 6.22. The van der Waals surface area contributed by atoms with Gasteiger partial charge in [-0.15, -0.1) is 19.0 Å². The lowest BCUT2D eigenvalue weighted by atomic mass is 10.0. The van der Waals surface area contributed by atoms with Gasteiger partial charge in [-0.05, 0) is 25.1 Å².